The van der Waals surface area contributed by atoms with Gasteiger partial charge in [0.25, 0.3) is 0 Å². The Hall–Kier alpha value is -1.06. The van der Waals surface area contributed by atoms with E-state index in [1.54, 1.807) is 0 Å². The number of ether oxygens (including phenoxy) is 2. The van der Waals surface area contributed by atoms with Gasteiger partial charge in [0, 0.05) is 12.8 Å². The summed E-state index contributed by atoms with van der Waals surface area (Å²) in [4.78, 5) is 23.9. The molecule has 0 spiro atoms. The molecule has 37 heavy (non-hydrogen) atoms. The van der Waals surface area contributed by atoms with E-state index in [0.717, 1.165) is 32.1 Å². The number of hydrogen-bond donors (Lipinski definition) is 0. The molecule has 0 aromatic rings. The summed E-state index contributed by atoms with van der Waals surface area (Å²) in [6.07, 6.45) is 26.3. The highest BCUT2D eigenvalue weighted by molar-refractivity contribution is 5.69. The molecular weight excluding hydrogens is 460 g/mol. The second-order valence-electron chi connectivity index (χ2n) is 11.5. The van der Waals surface area contributed by atoms with Gasteiger partial charge in [0.05, 0.1) is 13.2 Å². The first-order chi connectivity index (χ1) is 18.0. The third-order valence-electron chi connectivity index (χ3n) is 7.64. The molecule has 1 atom stereocenters. The summed E-state index contributed by atoms with van der Waals surface area (Å²) in [5.41, 5.74) is 0. The Bertz CT molecular complexity index is 503. The van der Waals surface area contributed by atoms with Crippen LogP contribution in [0.25, 0.3) is 0 Å². The fourth-order valence-electron chi connectivity index (χ4n) is 4.96. The molecule has 0 radical (unpaired) electrons. The van der Waals surface area contributed by atoms with E-state index in [4.69, 9.17) is 9.47 Å². The topological polar surface area (TPSA) is 52.6 Å². The normalized spacial score (nSPS) is 12.1. The second-order valence-corrected chi connectivity index (χ2v) is 11.5. The summed E-state index contributed by atoms with van der Waals surface area (Å²) < 4.78 is 10.8. The van der Waals surface area contributed by atoms with E-state index in [1.807, 2.05) is 0 Å². The molecule has 0 aliphatic carbocycles. The number of carbonyl (C=O) groups excluding carboxylic acids is 2. The van der Waals surface area contributed by atoms with Gasteiger partial charge < -0.3 is 9.47 Å². The first-order valence-corrected chi connectivity index (χ1v) is 16.3. The smallest absolute Gasteiger partial charge is 0.305 e. The van der Waals surface area contributed by atoms with E-state index < -0.39 is 0 Å². The SMILES string of the molecule is CCCCCCCCOC(=O)CCCCCCCCCC(CCC(=O)OCCCCCCCC)C(C)C. The molecule has 0 bridgehead atoms. The first kappa shape index (κ1) is 35.9. The van der Waals surface area contributed by atoms with Crippen molar-refractivity contribution in [2.24, 2.45) is 11.8 Å². The maximum Gasteiger partial charge on any atom is 0.305 e. The Morgan fingerprint density at radius 2 is 0.892 bits per heavy atom. The average Bonchev–Trinajstić information content (AvgIpc) is 2.88. The highest BCUT2D eigenvalue weighted by Crippen LogP contribution is 2.24. The summed E-state index contributed by atoms with van der Waals surface area (Å²) >= 11 is 0. The lowest BCUT2D eigenvalue weighted by molar-refractivity contribution is -0.145. The molecule has 0 amide bonds. The van der Waals surface area contributed by atoms with Crippen LogP contribution in [0.3, 0.4) is 0 Å². The minimum Gasteiger partial charge on any atom is -0.466 e. The number of rotatable bonds is 28. The van der Waals surface area contributed by atoms with Crippen molar-refractivity contribution in [3.8, 4) is 0 Å². The van der Waals surface area contributed by atoms with Crippen molar-refractivity contribution in [1.29, 1.82) is 0 Å². The van der Waals surface area contributed by atoms with E-state index in [9.17, 15) is 9.59 Å². The van der Waals surface area contributed by atoms with Crippen LogP contribution in [0.4, 0.5) is 0 Å². The first-order valence-electron chi connectivity index (χ1n) is 16.3. The van der Waals surface area contributed by atoms with Gasteiger partial charge in [-0.3, -0.25) is 9.59 Å². The van der Waals surface area contributed by atoms with Crippen molar-refractivity contribution in [2.45, 2.75) is 175 Å². The molecule has 4 nitrogen and oxygen atoms in total. The minimum absolute atomic E-state index is 0.00880. The minimum atomic E-state index is -0.0143. The zero-order valence-electron chi connectivity index (χ0n) is 25.5. The lowest BCUT2D eigenvalue weighted by atomic mass is 9.86. The van der Waals surface area contributed by atoms with Gasteiger partial charge in [0.2, 0.25) is 0 Å². The summed E-state index contributed by atoms with van der Waals surface area (Å²) in [6.45, 7) is 10.2. The van der Waals surface area contributed by atoms with Gasteiger partial charge in [-0.25, -0.2) is 0 Å². The molecule has 0 aromatic heterocycles. The Labute approximate surface area is 231 Å². The van der Waals surface area contributed by atoms with E-state index >= 15 is 0 Å². The molecule has 0 heterocycles. The fraction of sp³-hybridized carbons (Fsp3) is 0.939. The van der Waals surface area contributed by atoms with Gasteiger partial charge in [-0.1, -0.05) is 137 Å². The third-order valence-corrected chi connectivity index (χ3v) is 7.64. The van der Waals surface area contributed by atoms with Crippen molar-refractivity contribution in [3.63, 3.8) is 0 Å². The Balaban J connectivity index is 3.60. The van der Waals surface area contributed by atoms with Gasteiger partial charge in [-0.2, -0.15) is 0 Å². The quantitative estimate of drug-likeness (QED) is 0.0754. The van der Waals surface area contributed by atoms with Gasteiger partial charge in [-0.15, -0.1) is 0 Å². The number of hydrogen-bond acceptors (Lipinski definition) is 4. The van der Waals surface area contributed by atoms with E-state index in [-0.39, 0.29) is 11.9 Å². The van der Waals surface area contributed by atoms with Crippen LogP contribution in [-0.2, 0) is 19.1 Å². The van der Waals surface area contributed by atoms with Crippen molar-refractivity contribution in [3.05, 3.63) is 0 Å². The highest BCUT2D eigenvalue weighted by Gasteiger charge is 2.15. The summed E-state index contributed by atoms with van der Waals surface area (Å²) in [5.74, 6) is 1.21. The maximum absolute atomic E-state index is 12.1. The molecule has 0 aromatic carbocycles. The zero-order valence-corrected chi connectivity index (χ0v) is 25.5. The molecular formula is C33H64O4. The maximum atomic E-state index is 12.1. The largest absolute Gasteiger partial charge is 0.466 e. The summed E-state index contributed by atoms with van der Waals surface area (Å²) in [5, 5.41) is 0. The van der Waals surface area contributed by atoms with E-state index in [0.29, 0.717) is 37.9 Å². The number of unbranched alkanes of at least 4 members (excludes halogenated alkanes) is 16. The molecule has 0 saturated heterocycles. The molecule has 0 saturated carbocycles. The second kappa shape index (κ2) is 28.0. The molecule has 0 N–H and O–H groups in total. The van der Waals surface area contributed by atoms with Crippen LogP contribution in [0, 0.1) is 11.8 Å². The van der Waals surface area contributed by atoms with Crippen LogP contribution >= 0.6 is 0 Å². The van der Waals surface area contributed by atoms with Crippen molar-refractivity contribution in [2.75, 3.05) is 13.2 Å². The van der Waals surface area contributed by atoms with E-state index in [1.165, 1.54) is 103 Å². The van der Waals surface area contributed by atoms with Crippen molar-refractivity contribution >= 4 is 11.9 Å². The number of esters is 2. The molecule has 1 unspecified atom stereocenters. The van der Waals surface area contributed by atoms with Crippen molar-refractivity contribution in [1.82, 2.24) is 0 Å². The summed E-state index contributed by atoms with van der Waals surface area (Å²) in [7, 11) is 0. The predicted molar refractivity (Wildman–Crippen MR) is 158 cm³/mol. The lowest BCUT2D eigenvalue weighted by Crippen LogP contribution is -2.13. The molecule has 0 aliphatic rings. The van der Waals surface area contributed by atoms with E-state index in [2.05, 4.69) is 27.7 Å². The standard InChI is InChI=1S/C33H64O4/c1-5-7-9-11-18-22-28-36-32(34)25-21-17-15-13-14-16-20-24-31(30(3)4)26-27-33(35)37-29-23-19-12-10-8-6-2/h30-31H,5-29H2,1-4H3. The number of carbonyl (C=O) groups is 2. The monoisotopic (exact) mass is 524 g/mol. The van der Waals surface area contributed by atoms with Crippen LogP contribution in [0.15, 0.2) is 0 Å². The van der Waals surface area contributed by atoms with Crippen LogP contribution in [-0.4, -0.2) is 25.2 Å². The predicted octanol–water partition coefficient (Wildman–Crippen LogP) is 10.4. The van der Waals surface area contributed by atoms with Gasteiger partial charge >= 0.3 is 11.9 Å². The van der Waals surface area contributed by atoms with Crippen LogP contribution in [0.1, 0.15) is 175 Å². The highest BCUT2D eigenvalue weighted by atomic mass is 16.5. The fourth-order valence-corrected chi connectivity index (χ4v) is 4.96. The van der Waals surface area contributed by atoms with Gasteiger partial charge in [-0.05, 0) is 37.5 Å². The Morgan fingerprint density at radius 1 is 0.486 bits per heavy atom. The molecule has 0 aliphatic heterocycles. The van der Waals surface area contributed by atoms with Crippen LogP contribution in [0.5, 0.6) is 0 Å². The molecule has 4 heteroatoms. The van der Waals surface area contributed by atoms with Crippen LogP contribution in [0.2, 0.25) is 0 Å². The third kappa shape index (κ3) is 26.3. The van der Waals surface area contributed by atoms with Crippen LogP contribution < -0.4 is 0 Å². The Morgan fingerprint density at radius 3 is 1.38 bits per heavy atom. The van der Waals surface area contributed by atoms with Gasteiger partial charge in [0.15, 0.2) is 0 Å². The lowest BCUT2D eigenvalue weighted by Gasteiger charge is -2.20. The van der Waals surface area contributed by atoms with Gasteiger partial charge in [0.1, 0.15) is 0 Å². The summed E-state index contributed by atoms with van der Waals surface area (Å²) in [6, 6.07) is 0. The molecule has 0 fully saturated rings. The zero-order chi connectivity index (χ0) is 27.4. The average molecular weight is 525 g/mol. The molecule has 220 valence electrons. The van der Waals surface area contributed by atoms with Crippen molar-refractivity contribution < 1.29 is 19.1 Å². The molecule has 0 rings (SSSR count). The Kier molecular flexibility index (Phi) is 27.2.